The van der Waals surface area contributed by atoms with Crippen LogP contribution in [0.4, 0.5) is 19.0 Å². The number of halogens is 4. The van der Waals surface area contributed by atoms with Crippen molar-refractivity contribution in [1.29, 1.82) is 0 Å². The molecule has 2 aromatic rings. The van der Waals surface area contributed by atoms with E-state index in [2.05, 4.69) is 5.10 Å². The molecule has 0 unspecified atom stereocenters. The standard InChI is InChI=1S/C12H7ClF3N3O3/c13-6-1-3-7(4-2-6)19-9(8(5-17-19)10(20)21)18-11(22)12(14,15)16/h1-5H,(H,18,22)(H,20,21). The van der Waals surface area contributed by atoms with Gasteiger partial charge in [-0.3, -0.25) is 4.79 Å². The first kappa shape index (κ1) is 15.8. The zero-order valence-corrected chi connectivity index (χ0v) is 11.3. The van der Waals surface area contributed by atoms with Gasteiger partial charge < -0.3 is 10.4 Å². The number of hydrogen-bond donors (Lipinski definition) is 2. The molecule has 1 heterocycles. The second kappa shape index (κ2) is 5.68. The molecule has 0 saturated heterocycles. The molecule has 2 rings (SSSR count). The molecule has 1 amide bonds. The minimum Gasteiger partial charge on any atom is -0.477 e. The second-order valence-electron chi connectivity index (χ2n) is 4.05. The van der Waals surface area contributed by atoms with E-state index in [1.165, 1.54) is 29.6 Å². The van der Waals surface area contributed by atoms with Gasteiger partial charge in [0.2, 0.25) is 0 Å². The van der Waals surface area contributed by atoms with Crippen LogP contribution in [0, 0.1) is 0 Å². The van der Waals surface area contributed by atoms with E-state index in [9.17, 15) is 22.8 Å². The van der Waals surface area contributed by atoms with Crippen LogP contribution in [0.3, 0.4) is 0 Å². The highest BCUT2D eigenvalue weighted by Gasteiger charge is 2.40. The number of alkyl halides is 3. The van der Waals surface area contributed by atoms with Crippen LogP contribution in [0.15, 0.2) is 30.5 Å². The summed E-state index contributed by atoms with van der Waals surface area (Å²) in [7, 11) is 0. The Morgan fingerprint density at radius 2 is 1.82 bits per heavy atom. The number of carboxylic acid groups (broad SMARTS) is 1. The fraction of sp³-hybridized carbons (Fsp3) is 0.0833. The lowest BCUT2D eigenvalue weighted by Gasteiger charge is -2.11. The predicted molar refractivity (Wildman–Crippen MR) is 70.2 cm³/mol. The third-order valence-corrected chi connectivity index (χ3v) is 2.81. The maximum atomic E-state index is 12.4. The van der Waals surface area contributed by atoms with E-state index in [1.54, 1.807) is 0 Å². The average Bonchev–Trinajstić information content (AvgIpc) is 2.82. The fourth-order valence-corrected chi connectivity index (χ4v) is 1.71. The number of carbonyl (C=O) groups is 2. The number of carboxylic acids is 1. The van der Waals surface area contributed by atoms with Gasteiger partial charge in [-0.2, -0.15) is 18.3 Å². The lowest BCUT2D eigenvalue weighted by Crippen LogP contribution is -2.31. The SMILES string of the molecule is O=C(O)c1cnn(-c2ccc(Cl)cc2)c1NC(=O)C(F)(F)F. The molecule has 0 radical (unpaired) electrons. The van der Waals surface area contributed by atoms with E-state index in [0.29, 0.717) is 5.02 Å². The van der Waals surface area contributed by atoms with Gasteiger partial charge >= 0.3 is 18.1 Å². The second-order valence-corrected chi connectivity index (χ2v) is 4.49. The summed E-state index contributed by atoms with van der Waals surface area (Å²) in [6.45, 7) is 0. The highest BCUT2D eigenvalue weighted by atomic mass is 35.5. The number of benzene rings is 1. The summed E-state index contributed by atoms with van der Waals surface area (Å²) in [5.74, 6) is -4.43. The highest BCUT2D eigenvalue weighted by molar-refractivity contribution is 6.30. The number of amides is 1. The van der Waals surface area contributed by atoms with Crippen LogP contribution in [-0.4, -0.2) is 32.9 Å². The molecule has 0 aliphatic carbocycles. The Bertz CT molecular complexity index is 725. The third kappa shape index (κ3) is 3.19. The highest BCUT2D eigenvalue weighted by Crippen LogP contribution is 2.24. The number of anilines is 1. The Morgan fingerprint density at radius 3 is 2.32 bits per heavy atom. The zero-order chi connectivity index (χ0) is 16.5. The first-order valence-corrected chi connectivity index (χ1v) is 6.03. The molecule has 10 heteroatoms. The monoisotopic (exact) mass is 333 g/mol. The van der Waals surface area contributed by atoms with Crippen molar-refractivity contribution in [3.05, 3.63) is 41.0 Å². The molecule has 2 N–H and O–H groups in total. The number of aromatic nitrogens is 2. The summed E-state index contributed by atoms with van der Waals surface area (Å²) < 4.78 is 37.9. The van der Waals surface area contributed by atoms with E-state index < -0.39 is 29.4 Å². The van der Waals surface area contributed by atoms with E-state index in [1.807, 2.05) is 0 Å². The summed E-state index contributed by atoms with van der Waals surface area (Å²) in [6.07, 6.45) is -4.33. The van der Waals surface area contributed by atoms with E-state index in [0.717, 1.165) is 10.9 Å². The molecule has 0 aliphatic heterocycles. The molecule has 116 valence electrons. The zero-order valence-electron chi connectivity index (χ0n) is 10.6. The molecule has 0 saturated carbocycles. The van der Waals surface area contributed by atoms with Crippen molar-refractivity contribution in [1.82, 2.24) is 9.78 Å². The molecule has 1 aromatic carbocycles. The molecule has 1 aromatic heterocycles. The first-order chi connectivity index (χ1) is 10.2. The molecule has 0 aliphatic rings. The fourth-order valence-electron chi connectivity index (χ4n) is 1.58. The summed E-state index contributed by atoms with van der Waals surface area (Å²) in [6, 6.07) is 5.69. The minimum atomic E-state index is -5.16. The third-order valence-electron chi connectivity index (χ3n) is 2.56. The maximum absolute atomic E-state index is 12.4. The van der Waals surface area contributed by atoms with Crippen LogP contribution >= 0.6 is 11.6 Å². The van der Waals surface area contributed by atoms with Crippen molar-refractivity contribution in [2.45, 2.75) is 6.18 Å². The van der Waals surface area contributed by atoms with Gasteiger partial charge in [-0.25, -0.2) is 9.48 Å². The Kier molecular flexibility index (Phi) is 4.09. The predicted octanol–water partition coefficient (Wildman–Crippen LogP) is 2.72. The van der Waals surface area contributed by atoms with Crippen molar-refractivity contribution in [2.75, 3.05) is 5.32 Å². The van der Waals surface area contributed by atoms with Gasteiger partial charge in [0.25, 0.3) is 0 Å². The van der Waals surface area contributed by atoms with Crippen molar-refractivity contribution < 1.29 is 27.9 Å². The summed E-state index contributed by atoms with van der Waals surface area (Å²) in [5, 5.41) is 14.5. The average molecular weight is 334 g/mol. The van der Waals surface area contributed by atoms with Crippen LogP contribution in [0.5, 0.6) is 0 Å². The van der Waals surface area contributed by atoms with E-state index in [4.69, 9.17) is 16.7 Å². The van der Waals surface area contributed by atoms with Crippen LogP contribution in [-0.2, 0) is 4.79 Å². The molecule has 0 atom stereocenters. The Balaban J connectivity index is 2.49. The quantitative estimate of drug-likeness (QED) is 0.904. The normalized spacial score (nSPS) is 11.3. The molecule has 6 nitrogen and oxygen atoms in total. The maximum Gasteiger partial charge on any atom is 0.471 e. The molecular formula is C12H7ClF3N3O3. The van der Waals surface area contributed by atoms with Crippen molar-refractivity contribution in [3.63, 3.8) is 0 Å². The summed E-state index contributed by atoms with van der Waals surface area (Å²) in [4.78, 5) is 22.1. The number of aromatic carboxylic acids is 1. The summed E-state index contributed by atoms with van der Waals surface area (Å²) >= 11 is 5.70. The molecule has 0 fully saturated rings. The van der Waals surface area contributed by atoms with Gasteiger partial charge in [0, 0.05) is 5.02 Å². The lowest BCUT2D eigenvalue weighted by molar-refractivity contribution is -0.167. The Hall–Kier alpha value is -2.55. The molecular weight excluding hydrogens is 327 g/mol. The summed E-state index contributed by atoms with van der Waals surface area (Å²) in [5.41, 5.74) is -0.345. The Labute approximate surface area is 126 Å². The van der Waals surface area contributed by atoms with Crippen LogP contribution in [0.2, 0.25) is 5.02 Å². The first-order valence-electron chi connectivity index (χ1n) is 5.65. The van der Waals surface area contributed by atoms with Gasteiger partial charge in [0.05, 0.1) is 11.9 Å². The van der Waals surface area contributed by atoms with Crippen LogP contribution < -0.4 is 5.32 Å². The molecule has 0 spiro atoms. The van der Waals surface area contributed by atoms with Crippen molar-refractivity contribution in [2.24, 2.45) is 0 Å². The number of carbonyl (C=O) groups excluding carboxylic acids is 1. The van der Waals surface area contributed by atoms with Gasteiger partial charge in [0.1, 0.15) is 5.56 Å². The van der Waals surface area contributed by atoms with Gasteiger partial charge in [0.15, 0.2) is 5.82 Å². The number of nitrogens with one attached hydrogen (secondary N) is 1. The number of rotatable bonds is 3. The van der Waals surface area contributed by atoms with Gasteiger partial charge in [-0.15, -0.1) is 0 Å². The number of hydrogen-bond acceptors (Lipinski definition) is 3. The molecule has 22 heavy (non-hydrogen) atoms. The Morgan fingerprint density at radius 1 is 1.23 bits per heavy atom. The lowest BCUT2D eigenvalue weighted by atomic mass is 10.3. The van der Waals surface area contributed by atoms with Crippen LogP contribution in [0.25, 0.3) is 5.69 Å². The van der Waals surface area contributed by atoms with Crippen molar-refractivity contribution >= 4 is 29.3 Å². The van der Waals surface area contributed by atoms with Gasteiger partial charge in [-0.1, -0.05) is 11.6 Å². The van der Waals surface area contributed by atoms with Gasteiger partial charge in [-0.05, 0) is 24.3 Å². The number of nitrogens with zero attached hydrogens (tertiary/aromatic N) is 2. The largest absolute Gasteiger partial charge is 0.477 e. The minimum absolute atomic E-state index is 0.231. The smallest absolute Gasteiger partial charge is 0.471 e. The van der Waals surface area contributed by atoms with Crippen molar-refractivity contribution in [3.8, 4) is 5.69 Å². The topological polar surface area (TPSA) is 84.2 Å². The molecule has 0 bridgehead atoms. The van der Waals surface area contributed by atoms with E-state index >= 15 is 0 Å². The van der Waals surface area contributed by atoms with E-state index in [-0.39, 0.29) is 5.69 Å². The van der Waals surface area contributed by atoms with Crippen LogP contribution in [0.1, 0.15) is 10.4 Å².